The minimum Gasteiger partial charge on any atom is -0.350 e. The van der Waals surface area contributed by atoms with Gasteiger partial charge >= 0.3 is 0 Å². The standard InChI is InChI=1S/C12H13ClN4O/c13-9-3-1-2-8(4-9)10(5-14)17-12(18)11-6-15-7-16-11/h1-4,6-7,10H,5,14H2,(H,15,16)(H,17,18)/t10-/m1/s1. The average molecular weight is 265 g/mol. The van der Waals surface area contributed by atoms with Crippen molar-refractivity contribution in [3.63, 3.8) is 0 Å². The van der Waals surface area contributed by atoms with Gasteiger partial charge in [0.2, 0.25) is 0 Å². The average Bonchev–Trinajstić information content (AvgIpc) is 2.89. The smallest absolute Gasteiger partial charge is 0.271 e. The SMILES string of the molecule is NC[C@@H](NC(=O)c1c[nH]cn1)c1cccc(Cl)c1. The Morgan fingerprint density at radius 2 is 2.39 bits per heavy atom. The molecule has 0 aliphatic heterocycles. The third-order valence-electron chi connectivity index (χ3n) is 2.52. The van der Waals surface area contributed by atoms with Crippen LogP contribution >= 0.6 is 11.6 Å². The number of aromatic amines is 1. The number of hydrogen-bond donors (Lipinski definition) is 3. The number of benzene rings is 1. The van der Waals surface area contributed by atoms with Crippen molar-refractivity contribution in [2.24, 2.45) is 5.73 Å². The van der Waals surface area contributed by atoms with Gasteiger partial charge in [0.15, 0.2) is 0 Å². The van der Waals surface area contributed by atoms with Gasteiger partial charge in [-0.2, -0.15) is 0 Å². The molecule has 5 nitrogen and oxygen atoms in total. The van der Waals surface area contributed by atoms with Gasteiger partial charge in [-0.05, 0) is 17.7 Å². The highest BCUT2D eigenvalue weighted by molar-refractivity contribution is 6.30. The van der Waals surface area contributed by atoms with Crippen molar-refractivity contribution in [2.45, 2.75) is 6.04 Å². The van der Waals surface area contributed by atoms with Crippen molar-refractivity contribution < 1.29 is 4.79 Å². The summed E-state index contributed by atoms with van der Waals surface area (Å²) in [6, 6.07) is 6.96. The van der Waals surface area contributed by atoms with Crippen LogP contribution in [0, 0.1) is 0 Å². The van der Waals surface area contributed by atoms with Gasteiger partial charge in [-0.3, -0.25) is 4.79 Å². The molecule has 0 saturated carbocycles. The summed E-state index contributed by atoms with van der Waals surface area (Å²) < 4.78 is 0. The van der Waals surface area contributed by atoms with Crippen LogP contribution in [0.4, 0.5) is 0 Å². The molecule has 0 bridgehead atoms. The molecule has 94 valence electrons. The van der Waals surface area contributed by atoms with Crippen LogP contribution in [0.1, 0.15) is 22.1 Å². The maximum atomic E-state index is 11.9. The molecule has 0 saturated heterocycles. The molecule has 0 aliphatic rings. The van der Waals surface area contributed by atoms with Crippen LogP contribution in [0.25, 0.3) is 0 Å². The Morgan fingerprint density at radius 3 is 3.00 bits per heavy atom. The fourth-order valence-electron chi connectivity index (χ4n) is 1.62. The Morgan fingerprint density at radius 1 is 1.56 bits per heavy atom. The third kappa shape index (κ3) is 2.88. The maximum absolute atomic E-state index is 11.9. The van der Waals surface area contributed by atoms with Gasteiger partial charge in [0.1, 0.15) is 5.69 Å². The summed E-state index contributed by atoms with van der Waals surface area (Å²) in [6.45, 7) is 0.288. The fraction of sp³-hybridized carbons (Fsp3) is 0.167. The van der Waals surface area contributed by atoms with Crippen LogP contribution in [0.3, 0.4) is 0 Å². The van der Waals surface area contributed by atoms with Gasteiger partial charge < -0.3 is 16.0 Å². The normalized spacial score (nSPS) is 12.1. The molecule has 0 unspecified atom stereocenters. The number of halogens is 1. The van der Waals surface area contributed by atoms with Crippen LogP contribution in [-0.2, 0) is 0 Å². The number of H-pyrrole nitrogens is 1. The van der Waals surface area contributed by atoms with E-state index in [1.54, 1.807) is 12.1 Å². The van der Waals surface area contributed by atoms with E-state index >= 15 is 0 Å². The van der Waals surface area contributed by atoms with Crippen molar-refractivity contribution in [1.29, 1.82) is 0 Å². The van der Waals surface area contributed by atoms with Crippen LogP contribution in [-0.4, -0.2) is 22.4 Å². The fourth-order valence-corrected chi connectivity index (χ4v) is 1.82. The van der Waals surface area contributed by atoms with Gasteiger partial charge in [0, 0.05) is 17.8 Å². The first kappa shape index (κ1) is 12.6. The molecule has 1 aromatic carbocycles. The second-order valence-corrected chi connectivity index (χ2v) is 4.21. The second-order valence-electron chi connectivity index (χ2n) is 3.77. The zero-order valence-corrected chi connectivity index (χ0v) is 10.3. The van der Waals surface area contributed by atoms with E-state index in [9.17, 15) is 4.79 Å². The first-order valence-corrected chi connectivity index (χ1v) is 5.83. The number of nitrogens with one attached hydrogen (secondary N) is 2. The van der Waals surface area contributed by atoms with E-state index in [1.165, 1.54) is 12.5 Å². The Labute approximate surface area is 109 Å². The van der Waals surface area contributed by atoms with Gasteiger partial charge in [-0.15, -0.1) is 0 Å². The number of carbonyl (C=O) groups is 1. The van der Waals surface area contributed by atoms with E-state index in [0.717, 1.165) is 5.56 Å². The van der Waals surface area contributed by atoms with E-state index in [-0.39, 0.29) is 18.5 Å². The number of aromatic nitrogens is 2. The number of nitrogens with zero attached hydrogens (tertiary/aromatic N) is 1. The van der Waals surface area contributed by atoms with E-state index in [4.69, 9.17) is 17.3 Å². The van der Waals surface area contributed by atoms with Crippen LogP contribution in [0.5, 0.6) is 0 Å². The molecule has 0 spiro atoms. The van der Waals surface area contributed by atoms with Gasteiger partial charge in [0.25, 0.3) is 5.91 Å². The van der Waals surface area contributed by atoms with E-state index in [0.29, 0.717) is 10.7 Å². The highest BCUT2D eigenvalue weighted by atomic mass is 35.5. The van der Waals surface area contributed by atoms with Crippen molar-refractivity contribution in [1.82, 2.24) is 15.3 Å². The molecule has 4 N–H and O–H groups in total. The summed E-state index contributed by atoms with van der Waals surface area (Å²) in [5, 5.41) is 3.42. The lowest BCUT2D eigenvalue weighted by atomic mass is 10.1. The number of rotatable bonds is 4. The second kappa shape index (κ2) is 5.66. The number of imidazole rings is 1. The molecule has 2 aromatic rings. The molecule has 0 aliphatic carbocycles. The zero-order valence-electron chi connectivity index (χ0n) is 9.56. The minimum absolute atomic E-state index is 0.272. The topological polar surface area (TPSA) is 83.8 Å². The molecule has 1 amide bonds. The summed E-state index contributed by atoms with van der Waals surface area (Å²) in [5.74, 6) is -0.272. The number of amides is 1. The maximum Gasteiger partial charge on any atom is 0.271 e. The third-order valence-corrected chi connectivity index (χ3v) is 2.76. The lowest BCUT2D eigenvalue weighted by molar-refractivity contribution is 0.0933. The lowest BCUT2D eigenvalue weighted by Crippen LogP contribution is -2.33. The minimum atomic E-state index is -0.284. The first-order chi connectivity index (χ1) is 8.70. The molecule has 0 radical (unpaired) electrons. The van der Waals surface area contributed by atoms with Gasteiger partial charge in [-0.1, -0.05) is 23.7 Å². The van der Waals surface area contributed by atoms with Crippen molar-refractivity contribution in [3.05, 3.63) is 53.1 Å². The lowest BCUT2D eigenvalue weighted by Gasteiger charge is -2.16. The Bertz CT molecular complexity index is 527. The van der Waals surface area contributed by atoms with Crippen LogP contribution in [0.15, 0.2) is 36.8 Å². The molecule has 1 aromatic heterocycles. The van der Waals surface area contributed by atoms with Crippen molar-refractivity contribution >= 4 is 17.5 Å². The van der Waals surface area contributed by atoms with Crippen LogP contribution in [0.2, 0.25) is 5.02 Å². The number of nitrogens with two attached hydrogens (primary N) is 1. The highest BCUT2D eigenvalue weighted by Gasteiger charge is 2.15. The Hall–Kier alpha value is -1.85. The van der Waals surface area contributed by atoms with Gasteiger partial charge in [-0.25, -0.2) is 4.98 Å². The molecule has 18 heavy (non-hydrogen) atoms. The summed E-state index contributed by atoms with van der Waals surface area (Å²) in [7, 11) is 0. The van der Waals surface area contributed by atoms with Gasteiger partial charge in [0.05, 0.1) is 12.4 Å². The predicted molar refractivity (Wildman–Crippen MR) is 69.3 cm³/mol. The molecule has 2 rings (SSSR count). The molecule has 1 atom stereocenters. The zero-order chi connectivity index (χ0) is 13.0. The number of hydrogen-bond acceptors (Lipinski definition) is 3. The molecule has 6 heteroatoms. The molecule has 1 heterocycles. The predicted octanol–water partition coefficient (Wildman–Crippen LogP) is 1.49. The van der Waals surface area contributed by atoms with E-state index in [2.05, 4.69) is 15.3 Å². The van der Waals surface area contributed by atoms with Crippen molar-refractivity contribution in [3.8, 4) is 0 Å². The van der Waals surface area contributed by atoms with E-state index in [1.807, 2.05) is 12.1 Å². The first-order valence-electron chi connectivity index (χ1n) is 5.46. The quantitative estimate of drug-likeness (QED) is 0.782. The molecular formula is C12H13ClN4O. The van der Waals surface area contributed by atoms with Crippen LogP contribution < -0.4 is 11.1 Å². The highest BCUT2D eigenvalue weighted by Crippen LogP contribution is 2.17. The monoisotopic (exact) mass is 264 g/mol. The molecule has 0 fully saturated rings. The molecular weight excluding hydrogens is 252 g/mol. The van der Waals surface area contributed by atoms with E-state index < -0.39 is 0 Å². The summed E-state index contributed by atoms with van der Waals surface area (Å²) >= 11 is 5.91. The summed E-state index contributed by atoms with van der Waals surface area (Å²) in [6.07, 6.45) is 2.98. The Balaban J connectivity index is 2.13. The van der Waals surface area contributed by atoms with Crippen molar-refractivity contribution in [2.75, 3.05) is 6.54 Å². The largest absolute Gasteiger partial charge is 0.350 e. The Kier molecular flexibility index (Phi) is 3.96. The number of carbonyl (C=O) groups excluding carboxylic acids is 1. The summed E-state index contributed by atoms with van der Waals surface area (Å²) in [5.41, 5.74) is 6.87. The summed E-state index contributed by atoms with van der Waals surface area (Å²) in [4.78, 5) is 18.5.